The Bertz CT molecular complexity index is 898. The van der Waals surface area contributed by atoms with Crippen molar-refractivity contribution >= 4 is 6.03 Å². The largest absolute Gasteiger partial charge is 0.339 e. The number of rotatable bonds is 5. The van der Waals surface area contributed by atoms with Crippen molar-refractivity contribution in [2.45, 2.75) is 99.8 Å². The number of nitrogens with one attached hydrogen (secondary N) is 2. The average molecular weight is 499 g/mol. The van der Waals surface area contributed by atoms with E-state index in [9.17, 15) is 9.18 Å². The van der Waals surface area contributed by atoms with Crippen LogP contribution in [0.2, 0.25) is 0 Å². The minimum absolute atomic E-state index is 0.194. The van der Waals surface area contributed by atoms with E-state index in [1.54, 1.807) is 4.90 Å². The van der Waals surface area contributed by atoms with Crippen molar-refractivity contribution in [2.75, 3.05) is 33.2 Å². The molecule has 8 nitrogen and oxygen atoms in total. The molecule has 4 fully saturated rings. The predicted octanol–water partition coefficient (Wildman–Crippen LogP) is 3.20. The second-order valence-electron chi connectivity index (χ2n) is 11.1. The number of amides is 2. The summed E-state index contributed by atoms with van der Waals surface area (Å²) in [6.07, 6.45) is 3.49. The van der Waals surface area contributed by atoms with Gasteiger partial charge in [0.2, 0.25) is 5.89 Å². The minimum atomic E-state index is -2.93. The molecule has 2 amide bonds. The van der Waals surface area contributed by atoms with Crippen molar-refractivity contribution in [1.82, 2.24) is 30.6 Å². The molecule has 3 heterocycles. The van der Waals surface area contributed by atoms with Crippen LogP contribution in [0.3, 0.4) is 0 Å². The number of alkyl halides is 3. The van der Waals surface area contributed by atoms with Gasteiger partial charge in [-0.15, -0.1) is 0 Å². The topological polar surface area (TPSA) is 86.5 Å². The molecule has 2 N–H and O–H groups in total. The van der Waals surface area contributed by atoms with Gasteiger partial charge in [-0.3, -0.25) is 4.90 Å². The number of hydrogen-bond donors (Lipinski definition) is 2. The number of halogens is 3. The standard InChI is InChI=1S/C24H37F3N6O2/c1-23(21-30-20(35-31-21)16-14-17(16)25)8-12-33(13-9-23)22(34)29-19-18(4-3-7-24(19,26)27)32-10-5-15(28-2)6-11-32/h15-19,28H,3-14H2,1-2H3,(H,29,34)/t16-,17+,18+,19-/m1/s1. The van der Waals surface area contributed by atoms with Crippen molar-refractivity contribution in [2.24, 2.45) is 0 Å². The highest BCUT2D eigenvalue weighted by molar-refractivity contribution is 5.75. The molecule has 2 aliphatic heterocycles. The Kier molecular flexibility index (Phi) is 6.76. The zero-order valence-corrected chi connectivity index (χ0v) is 20.6. The minimum Gasteiger partial charge on any atom is -0.339 e. The summed E-state index contributed by atoms with van der Waals surface area (Å²) >= 11 is 0. The Balaban J connectivity index is 1.20. The fraction of sp³-hybridized carbons (Fsp3) is 0.875. The Morgan fingerprint density at radius 1 is 1.11 bits per heavy atom. The van der Waals surface area contributed by atoms with Crippen LogP contribution in [-0.2, 0) is 5.41 Å². The van der Waals surface area contributed by atoms with Crippen LogP contribution in [0.5, 0.6) is 0 Å². The molecule has 2 saturated carbocycles. The number of carbonyl (C=O) groups excluding carboxylic acids is 1. The number of nitrogens with zero attached hydrogens (tertiary/aromatic N) is 4. The van der Waals surface area contributed by atoms with E-state index < -0.39 is 29.6 Å². The van der Waals surface area contributed by atoms with Crippen molar-refractivity contribution in [1.29, 1.82) is 0 Å². The lowest BCUT2D eigenvalue weighted by Gasteiger charge is -2.47. The molecule has 11 heteroatoms. The smallest absolute Gasteiger partial charge is 0.317 e. The summed E-state index contributed by atoms with van der Waals surface area (Å²) in [7, 11) is 1.94. The molecule has 35 heavy (non-hydrogen) atoms. The number of urea groups is 1. The quantitative estimate of drug-likeness (QED) is 0.649. The van der Waals surface area contributed by atoms with Gasteiger partial charge in [0.05, 0.1) is 5.92 Å². The monoisotopic (exact) mass is 498 g/mol. The first-order valence-electron chi connectivity index (χ1n) is 13.0. The number of piperidine rings is 2. The molecular formula is C24H37F3N6O2. The van der Waals surface area contributed by atoms with Crippen LogP contribution in [0.1, 0.15) is 75.9 Å². The Hall–Kier alpha value is -1.88. The Labute approximate surface area is 204 Å². The first-order valence-corrected chi connectivity index (χ1v) is 13.0. The van der Waals surface area contributed by atoms with Gasteiger partial charge in [0, 0.05) is 37.0 Å². The molecule has 4 atom stereocenters. The summed E-state index contributed by atoms with van der Waals surface area (Å²) in [4.78, 5) is 21.3. The van der Waals surface area contributed by atoms with Gasteiger partial charge in [0.25, 0.3) is 5.92 Å². The van der Waals surface area contributed by atoms with Crippen LogP contribution in [0.4, 0.5) is 18.0 Å². The number of likely N-dealkylation sites (tertiary alicyclic amines) is 2. The van der Waals surface area contributed by atoms with Crippen molar-refractivity contribution in [3.63, 3.8) is 0 Å². The van der Waals surface area contributed by atoms with E-state index in [0.717, 1.165) is 25.9 Å². The molecule has 2 aliphatic carbocycles. The van der Waals surface area contributed by atoms with Crippen LogP contribution in [-0.4, -0.2) is 89.4 Å². The van der Waals surface area contributed by atoms with Gasteiger partial charge in [0.1, 0.15) is 12.2 Å². The summed E-state index contributed by atoms with van der Waals surface area (Å²) in [6.45, 7) is 4.36. The number of aromatic nitrogens is 2. The molecule has 0 unspecified atom stereocenters. The lowest BCUT2D eigenvalue weighted by atomic mass is 9.79. The van der Waals surface area contributed by atoms with Crippen LogP contribution < -0.4 is 10.6 Å². The van der Waals surface area contributed by atoms with Gasteiger partial charge in [0.15, 0.2) is 5.82 Å². The first-order chi connectivity index (χ1) is 16.7. The highest BCUT2D eigenvalue weighted by atomic mass is 19.3. The van der Waals surface area contributed by atoms with Gasteiger partial charge >= 0.3 is 6.03 Å². The second kappa shape index (κ2) is 9.53. The number of hydrogen-bond acceptors (Lipinski definition) is 6. The fourth-order valence-electron chi connectivity index (χ4n) is 5.97. The molecular weight excluding hydrogens is 461 g/mol. The predicted molar refractivity (Wildman–Crippen MR) is 123 cm³/mol. The molecule has 0 radical (unpaired) electrons. The third-order valence-corrected chi connectivity index (χ3v) is 8.70. The summed E-state index contributed by atoms with van der Waals surface area (Å²) < 4.78 is 48.7. The van der Waals surface area contributed by atoms with Gasteiger partial charge in [-0.25, -0.2) is 18.0 Å². The highest BCUT2D eigenvalue weighted by Gasteiger charge is 2.51. The number of carbonyl (C=O) groups is 1. The molecule has 0 spiro atoms. The molecule has 196 valence electrons. The molecule has 1 aromatic rings. The van der Waals surface area contributed by atoms with Gasteiger partial charge in [-0.05, 0) is 65.1 Å². The van der Waals surface area contributed by atoms with E-state index in [0.29, 0.717) is 63.0 Å². The maximum absolute atomic E-state index is 15.1. The highest BCUT2D eigenvalue weighted by Crippen LogP contribution is 2.44. The molecule has 5 rings (SSSR count). The Morgan fingerprint density at radius 3 is 2.43 bits per heavy atom. The maximum Gasteiger partial charge on any atom is 0.317 e. The van der Waals surface area contributed by atoms with E-state index in [-0.39, 0.29) is 18.4 Å². The maximum atomic E-state index is 15.1. The summed E-state index contributed by atoms with van der Waals surface area (Å²) in [6, 6.07) is -1.55. The zero-order chi connectivity index (χ0) is 24.8. The molecule has 2 saturated heterocycles. The average Bonchev–Trinajstić information content (AvgIpc) is 3.36. The van der Waals surface area contributed by atoms with Crippen LogP contribution >= 0.6 is 0 Å². The van der Waals surface area contributed by atoms with Gasteiger partial charge in [-0.2, -0.15) is 4.98 Å². The molecule has 0 bridgehead atoms. The molecule has 0 aromatic carbocycles. The lowest BCUT2D eigenvalue weighted by molar-refractivity contribution is -0.0947. The van der Waals surface area contributed by atoms with E-state index in [1.807, 2.05) is 14.0 Å². The van der Waals surface area contributed by atoms with Crippen molar-refractivity contribution in [3.8, 4) is 0 Å². The summed E-state index contributed by atoms with van der Waals surface area (Å²) in [5.41, 5.74) is -0.395. The summed E-state index contributed by atoms with van der Waals surface area (Å²) in [5, 5.41) is 10.1. The third kappa shape index (κ3) is 5.03. The molecule has 1 aromatic heterocycles. The fourth-order valence-corrected chi connectivity index (χ4v) is 5.97. The summed E-state index contributed by atoms with van der Waals surface area (Å²) in [5.74, 6) is -2.34. The van der Waals surface area contributed by atoms with E-state index in [1.165, 1.54) is 0 Å². The van der Waals surface area contributed by atoms with Crippen molar-refractivity contribution < 1.29 is 22.5 Å². The SMILES string of the molecule is CNC1CCN([C@H]2CCCC(F)(F)[C@@H]2NC(=O)N2CCC(C)(c3noc([C@@H]4C[C@@H]4F)n3)CC2)CC1. The Morgan fingerprint density at radius 2 is 1.80 bits per heavy atom. The van der Waals surface area contributed by atoms with Crippen LogP contribution in [0.15, 0.2) is 4.52 Å². The van der Waals surface area contributed by atoms with Crippen molar-refractivity contribution in [3.05, 3.63) is 11.7 Å². The third-order valence-electron chi connectivity index (χ3n) is 8.70. The lowest BCUT2D eigenvalue weighted by Crippen LogP contribution is -2.65. The van der Waals surface area contributed by atoms with Gasteiger partial charge in [-0.1, -0.05) is 12.1 Å². The van der Waals surface area contributed by atoms with E-state index in [2.05, 4.69) is 25.7 Å². The normalized spacial score (nSPS) is 33.5. The van der Waals surface area contributed by atoms with Crippen LogP contribution in [0, 0.1) is 0 Å². The van der Waals surface area contributed by atoms with Crippen LogP contribution in [0.25, 0.3) is 0 Å². The second-order valence-corrected chi connectivity index (χ2v) is 11.1. The molecule has 4 aliphatic rings. The first kappa shape index (κ1) is 24.8. The zero-order valence-electron chi connectivity index (χ0n) is 20.6. The van der Waals surface area contributed by atoms with Gasteiger partial charge < -0.3 is 20.1 Å². The van der Waals surface area contributed by atoms with E-state index >= 15 is 8.78 Å². The van der Waals surface area contributed by atoms with E-state index in [4.69, 9.17) is 4.52 Å².